The fourth-order valence-electron chi connectivity index (χ4n) is 2.33. The Hall–Kier alpha value is -1.98. The number of hydrogen-bond donors (Lipinski definition) is 1. The van der Waals surface area contributed by atoms with Gasteiger partial charge in [0.1, 0.15) is 6.10 Å². The van der Waals surface area contributed by atoms with Crippen LogP contribution in [0.25, 0.3) is 0 Å². The molecular formula is C16H14Cl2N2O3. The molecule has 0 radical (unpaired) electrons. The van der Waals surface area contributed by atoms with Crippen molar-refractivity contribution in [2.75, 3.05) is 6.61 Å². The first-order chi connectivity index (χ1) is 11.1. The van der Waals surface area contributed by atoms with Gasteiger partial charge in [-0.2, -0.15) is 0 Å². The predicted molar refractivity (Wildman–Crippen MR) is 86.9 cm³/mol. The second kappa shape index (κ2) is 7.06. The van der Waals surface area contributed by atoms with Crippen molar-refractivity contribution in [1.29, 1.82) is 0 Å². The highest BCUT2D eigenvalue weighted by Gasteiger charge is 2.25. The van der Waals surface area contributed by atoms with Gasteiger partial charge in [-0.05, 0) is 23.8 Å². The van der Waals surface area contributed by atoms with Crippen molar-refractivity contribution in [3.8, 4) is 5.88 Å². The van der Waals surface area contributed by atoms with Crippen LogP contribution in [0.1, 0.15) is 23.7 Å². The maximum atomic E-state index is 12.0. The highest BCUT2D eigenvalue weighted by atomic mass is 35.5. The van der Waals surface area contributed by atoms with Crippen molar-refractivity contribution >= 4 is 29.3 Å². The number of ether oxygens (including phenoxy) is 2. The molecule has 0 fully saturated rings. The number of amides is 1. The highest BCUT2D eigenvalue weighted by Crippen LogP contribution is 2.32. The quantitative estimate of drug-likeness (QED) is 0.901. The van der Waals surface area contributed by atoms with E-state index in [2.05, 4.69) is 10.3 Å². The normalized spacial score (nSPS) is 16.2. The molecule has 0 saturated heterocycles. The SMILES string of the molecule is O=C(NCc1cccc(Cl)c1Cl)OC1CCOc2ncccc21. The molecule has 2 heterocycles. The Kier molecular flexibility index (Phi) is 4.88. The molecule has 0 bridgehead atoms. The van der Waals surface area contributed by atoms with Crippen LogP contribution in [0.2, 0.25) is 10.0 Å². The van der Waals surface area contributed by atoms with Gasteiger partial charge in [0, 0.05) is 19.2 Å². The van der Waals surface area contributed by atoms with Crippen molar-refractivity contribution in [3.63, 3.8) is 0 Å². The maximum Gasteiger partial charge on any atom is 0.408 e. The molecule has 0 spiro atoms. The summed E-state index contributed by atoms with van der Waals surface area (Å²) < 4.78 is 10.9. The largest absolute Gasteiger partial charge is 0.477 e. The lowest BCUT2D eigenvalue weighted by Crippen LogP contribution is -2.28. The lowest BCUT2D eigenvalue weighted by atomic mass is 10.1. The zero-order valence-corrected chi connectivity index (χ0v) is 13.6. The molecule has 1 aromatic heterocycles. The number of carbonyl (C=O) groups is 1. The smallest absolute Gasteiger partial charge is 0.408 e. The van der Waals surface area contributed by atoms with E-state index in [0.29, 0.717) is 29.0 Å². The number of rotatable bonds is 3. The van der Waals surface area contributed by atoms with Gasteiger partial charge in [-0.15, -0.1) is 0 Å². The summed E-state index contributed by atoms with van der Waals surface area (Å²) in [7, 11) is 0. The highest BCUT2D eigenvalue weighted by molar-refractivity contribution is 6.42. The van der Waals surface area contributed by atoms with E-state index in [-0.39, 0.29) is 12.6 Å². The standard InChI is InChI=1S/C16H14Cl2N2O3/c17-12-5-1-3-10(14(12)18)9-20-16(21)23-13-6-8-22-15-11(13)4-2-7-19-15/h1-5,7,13H,6,8-9H2,(H,20,21). The number of halogens is 2. The summed E-state index contributed by atoms with van der Waals surface area (Å²) in [6, 6.07) is 8.89. The number of fused-ring (bicyclic) bond motifs is 1. The number of nitrogens with zero attached hydrogens (tertiary/aromatic N) is 1. The van der Waals surface area contributed by atoms with Gasteiger partial charge in [0.05, 0.1) is 22.2 Å². The van der Waals surface area contributed by atoms with E-state index in [9.17, 15) is 4.79 Å². The van der Waals surface area contributed by atoms with Gasteiger partial charge < -0.3 is 14.8 Å². The monoisotopic (exact) mass is 352 g/mol. The average Bonchev–Trinajstić information content (AvgIpc) is 2.56. The number of hydrogen-bond acceptors (Lipinski definition) is 4. The van der Waals surface area contributed by atoms with Crippen molar-refractivity contribution in [1.82, 2.24) is 10.3 Å². The molecule has 1 N–H and O–H groups in total. The van der Waals surface area contributed by atoms with Gasteiger partial charge in [-0.1, -0.05) is 35.3 Å². The molecule has 0 saturated carbocycles. The molecular weight excluding hydrogens is 339 g/mol. The van der Waals surface area contributed by atoms with Crippen molar-refractivity contribution in [2.24, 2.45) is 0 Å². The third-order valence-electron chi connectivity index (χ3n) is 3.47. The van der Waals surface area contributed by atoms with Gasteiger partial charge in [-0.25, -0.2) is 9.78 Å². The first-order valence-electron chi connectivity index (χ1n) is 7.10. The number of pyridine rings is 1. The minimum atomic E-state index is -0.525. The first-order valence-corrected chi connectivity index (χ1v) is 7.86. The van der Waals surface area contributed by atoms with E-state index in [1.54, 1.807) is 30.5 Å². The van der Waals surface area contributed by atoms with Crippen LogP contribution in [0.4, 0.5) is 4.79 Å². The molecule has 1 aliphatic rings. The zero-order chi connectivity index (χ0) is 16.2. The van der Waals surface area contributed by atoms with E-state index in [1.807, 2.05) is 6.07 Å². The third kappa shape index (κ3) is 3.68. The number of aromatic nitrogens is 1. The van der Waals surface area contributed by atoms with E-state index >= 15 is 0 Å². The van der Waals surface area contributed by atoms with Gasteiger partial charge in [0.2, 0.25) is 5.88 Å². The Bertz CT molecular complexity index is 724. The molecule has 2 aromatic rings. The van der Waals surface area contributed by atoms with Crippen LogP contribution in [0, 0.1) is 0 Å². The summed E-state index contributed by atoms with van der Waals surface area (Å²) in [5, 5.41) is 3.55. The molecule has 1 aromatic carbocycles. The van der Waals surface area contributed by atoms with Gasteiger partial charge >= 0.3 is 6.09 Å². The number of nitrogens with one attached hydrogen (secondary N) is 1. The molecule has 120 valence electrons. The van der Waals surface area contributed by atoms with E-state index in [0.717, 1.165) is 11.1 Å². The summed E-state index contributed by atoms with van der Waals surface area (Å²) >= 11 is 12.0. The van der Waals surface area contributed by atoms with Crippen molar-refractivity contribution in [3.05, 3.63) is 57.7 Å². The Morgan fingerprint density at radius 1 is 1.35 bits per heavy atom. The summed E-state index contributed by atoms with van der Waals surface area (Å²) in [5.41, 5.74) is 1.50. The van der Waals surface area contributed by atoms with E-state index in [1.165, 1.54) is 0 Å². The molecule has 23 heavy (non-hydrogen) atoms. The fraction of sp³-hybridized carbons (Fsp3) is 0.250. The number of benzene rings is 1. The Labute approximate surface area is 143 Å². The Morgan fingerprint density at radius 3 is 3.09 bits per heavy atom. The Balaban J connectivity index is 1.61. The van der Waals surface area contributed by atoms with Crippen LogP contribution < -0.4 is 10.1 Å². The summed E-state index contributed by atoms with van der Waals surface area (Å²) in [4.78, 5) is 16.1. The topological polar surface area (TPSA) is 60.5 Å². The van der Waals surface area contributed by atoms with Gasteiger partial charge in [-0.3, -0.25) is 0 Å². The van der Waals surface area contributed by atoms with Gasteiger partial charge in [0.25, 0.3) is 0 Å². The second-order valence-electron chi connectivity index (χ2n) is 5.00. The molecule has 1 unspecified atom stereocenters. The van der Waals surface area contributed by atoms with Gasteiger partial charge in [0.15, 0.2) is 0 Å². The summed E-state index contributed by atoms with van der Waals surface area (Å²) in [6.45, 7) is 0.698. The van der Waals surface area contributed by atoms with Crippen LogP contribution in [0.5, 0.6) is 5.88 Å². The molecule has 3 rings (SSSR count). The maximum absolute atomic E-state index is 12.0. The summed E-state index contributed by atoms with van der Waals surface area (Å²) in [5.74, 6) is 0.509. The minimum Gasteiger partial charge on any atom is -0.477 e. The van der Waals surface area contributed by atoms with Crippen LogP contribution in [0.3, 0.4) is 0 Å². The third-order valence-corrected chi connectivity index (χ3v) is 4.33. The van der Waals surface area contributed by atoms with Crippen LogP contribution in [-0.4, -0.2) is 17.7 Å². The van der Waals surface area contributed by atoms with Crippen molar-refractivity contribution in [2.45, 2.75) is 19.1 Å². The van der Waals surface area contributed by atoms with E-state index < -0.39 is 6.09 Å². The molecule has 1 aliphatic heterocycles. The first kappa shape index (κ1) is 15.9. The summed E-state index contributed by atoms with van der Waals surface area (Å²) in [6.07, 6.45) is 1.33. The molecule has 0 aliphatic carbocycles. The number of carbonyl (C=O) groups excluding carboxylic acids is 1. The predicted octanol–water partition coefficient (Wildman–Crippen LogP) is 4.14. The average molecular weight is 353 g/mol. The van der Waals surface area contributed by atoms with E-state index in [4.69, 9.17) is 32.7 Å². The van der Waals surface area contributed by atoms with Crippen LogP contribution in [0.15, 0.2) is 36.5 Å². The zero-order valence-electron chi connectivity index (χ0n) is 12.1. The fourth-order valence-corrected chi connectivity index (χ4v) is 2.72. The lowest BCUT2D eigenvalue weighted by molar-refractivity contribution is 0.0677. The molecule has 1 amide bonds. The van der Waals surface area contributed by atoms with Crippen molar-refractivity contribution < 1.29 is 14.3 Å². The van der Waals surface area contributed by atoms with Crippen LogP contribution in [-0.2, 0) is 11.3 Å². The lowest BCUT2D eigenvalue weighted by Gasteiger charge is -2.24. The molecule has 1 atom stereocenters. The minimum absolute atomic E-state index is 0.237. The van der Waals surface area contributed by atoms with Crippen LogP contribution >= 0.6 is 23.2 Å². The molecule has 5 nitrogen and oxygen atoms in total. The molecule has 7 heteroatoms. The second-order valence-corrected chi connectivity index (χ2v) is 5.78. The number of alkyl carbamates (subject to hydrolysis) is 1. The Morgan fingerprint density at radius 2 is 2.22 bits per heavy atom.